The van der Waals surface area contributed by atoms with Crippen LogP contribution in [0.2, 0.25) is 0 Å². The van der Waals surface area contributed by atoms with E-state index in [2.05, 4.69) is 9.97 Å². The van der Waals surface area contributed by atoms with Gasteiger partial charge in [0.05, 0.1) is 6.42 Å². The van der Waals surface area contributed by atoms with E-state index in [1.54, 1.807) is 6.92 Å². The first-order chi connectivity index (χ1) is 9.95. The highest BCUT2D eigenvalue weighted by Crippen LogP contribution is 2.26. The Morgan fingerprint density at radius 1 is 1.43 bits per heavy atom. The predicted octanol–water partition coefficient (Wildman–Crippen LogP) is 1.53. The normalized spacial score (nSPS) is 18.6. The molecule has 1 aliphatic rings. The van der Waals surface area contributed by atoms with Crippen molar-refractivity contribution in [1.82, 2.24) is 14.9 Å². The average molecular weight is 291 g/mol. The third kappa shape index (κ3) is 4.24. The lowest BCUT2D eigenvalue weighted by atomic mass is 9.93. The third-order valence-electron chi connectivity index (χ3n) is 3.79. The number of likely N-dealkylation sites (tertiary alicyclic amines) is 1. The van der Waals surface area contributed by atoms with Crippen molar-refractivity contribution in [3.63, 3.8) is 0 Å². The number of nitrogens with zero attached hydrogens (tertiary/aromatic N) is 3. The summed E-state index contributed by atoms with van der Waals surface area (Å²) in [7, 11) is 0. The average Bonchev–Trinajstić information content (AvgIpc) is 2.44. The fourth-order valence-corrected chi connectivity index (χ4v) is 2.73. The number of piperidine rings is 1. The van der Waals surface area contributed by atoms with Gasteiger partial charge in [-0.15, -0.1) is 0 Å². The summed E-state index contributed by atoms with van der Waals surface area (Å²) in [5, 5.41) is 8.77. The van der Waals surface area contributed by atoms with Crippen LogP contribution in [0.3, 0.4) is 0 Å². The standard InChI is InChI=1S/C15H21N3O3/c1-10-16-13(5-6-15(20)21)8-14(17-10)12-4-3-7-18(9-12)11(2)19/h8,12H,3-7,9H2,1-2H3,(H,20,21). The Kier molecular flexibility index (Phi) is 4.88. The third-order valence-corrected chi connectivity index (χ3v) is 3.79. The highest BCUT2D eigenvalue weighted by molar-refractivity contribution is 5.73. The molecule has 0 bridgehead atoms. The van der Waals surface area contributed by atoms with E-state index in [0.29, 0.717) is 18.8 Å². The van der Waals surface area contributed by atoms with Crippen LogP contribution in [0, 0.1) is 6.92 Å². The van der Waals surface area contributed by atoms with Gasteiger partial charge in [0, 0.05) is 43.7 Å². The molecule has 1 unspecified atom stereocenters. The second kappa shape index (κ2) is 6.65. The van der Waals surface area contributed by atoms with Crippen molar-refractivity contribution in [2.75, 3.05) is 13.1 Å². The molecule has 6 nitrogen and oxygen atoms in total. The molecule has 0 aromatic carbocycles. The molecule has 1 fully saturated rings. The molecule has 6 heteroatoms. The van der Waals surface area contributed by atoms with Crippen molar-refractivity contribution in [3.8, 4) is 0 Å². The van der Waals surface area contributed by atoms with Gasteiger partial charge in [-0.1, -0.05) is 0 Å². The van der Waals surface area contributed by atoms with Crippen LogP contribution in [0.15, 0.2) is 6.07 Å². The summed E-state index contributed by atoms with van der Waals surface area (Å²) >= 11 is 0. The van der Waals surface area contributed by atoms with Gasteiger partial charge in [-0.3, -0.25) is 9.59 Å². The maximum absolute atomic E-state index is 11.5. The molecular weight excluding hydrogens is 270 g/mol. The van der Waals surface area contributed by atoms with Crippen LogP contribution in [-0.4, -0.2) is 44.9 Å². The van der Waals surface area contributed by atoms with E-state index in [1.807, 2.05) is 17.9 Å². The number of hydrogen-bond donors (Lipinski definition) is 1. The summed E-state index contributed by atoms with van der Waals surface area (Å²) in [5.74, 6) is 0.144. The Balaban J connectivity index is 2.14. The Morgan fingerprint density at radius 3 is 2.86 bits per heavy atom. The highest BCUT2D eigenvalue weighted by Gasteiger charge is 2.24. The largest absolute Gasteiger partial charge is 0.481 e. The summed E-state index contributed by atoms with van der Waals surface area (Å²) in [6, 6.07) is 1.89. The highest BCUT2D eigenvalue weighted by atomic mass is 16.4. The van der Waals surface area contributed by atoms with Crippen LogP contribution >= 0.6 is 0 Å². The first kappa shape index (κ1) is 15.4. The maximum Gasteiger partial charge on any atom is 0.303 e. The van der Waals surface area contributed by atoms with E-state index in [9.17, 15) is 9.59 Å². The van der Waals surface area contributed by atoms with Crippen molar-refractivity contribution in [1.29, 1.82) is 0 Å². The summed E-state index contributed by atoms with van der Waals surface area (Å²) in [5.41, 5.74) is 1.69. The summed E-state index contributed by atoms with van der Waals surface area (Å²) in [6.45, 7) is 4.90. The lowest BCUT2D eigenvalue weighted by molar-refractivity contribution is -0.137. The fourth-order valence-electron chi connectivity index (χ4n) is 2.73. The molecule has 21 heavy (non-hydrogen) atoms. The number of aromatic nitrogens is 2. The summed E-state index contributed by atoms with van der Waals surface area (Å²) < 4.78 is 0. The lowest BCUT2D eigenvalue weighted by Crippen LogP contribution is -2.38. The molecule has 0 aliphatic carbocycles. The Morgan fingerprint density at radius 2 is 2.19 bits per heavy atom. The van der Waals surface area contributed by atoms with Crippen LogP contribution < -0.4 is 0 Å². The number of aryl methyl sites for hydroxylation is 2. The molecule has 0 spiro atoms. The minimum atomic E-state index is -0.826. The summed E-state index contributed by atoms with van der Waals surface area (Å²) in [6.07, 6.45) is 2.45. The Labute approximate surface area is 124 Å². The molecule has 2 heterocycles. The van der Waals surface area contributed by atoms with E-state index >= 15 is 0 Å². The van der Waals surface area contributed by atoms with E-state index in [4.69, 9.17) is 5.11 Å². The first-order valence-electron chi connectivity index (χ1n) is 7.27. The van der Waals surface area contributed by atoms with Crippen LogP contribution in [0.1, 0.15) is 49.3 Å². The number of carbonyl (C=O) groups excluding carboxylic acids is 1. The molecule has 1 saturated heterocycles. The maximum atomic E-state index is 11.5. The van der Waals surface area contributed by atoms with E-state index < -0.39 is 5.97 Å². The zero-order chi connectivity index (χ0) is 15.4. The van der Waals surface area contributed by atoms with Gasteiger partial charge in [-0.25, -0.2) is 9.97 Å². The predicted molar refractivity (Wildman–Crippen MR) is 77.0 cm³/mol. The van der Waals surface area contributed by atoms with E-state index in [1.165, 1.54) is 0 Å². The fraction of sp³-hybridized carbons (Fsp3) is 0.600. The number of carbonyl (C=O) groups is 2. The van der Waals surface area contributed by atoms with Crippen molar-refractivity contribution in [3.05, 3.63) is 23.3 Å². The quantitative estimate of drug-likeness (QED) is 0.909. The van der Waals surface area contributed by atoms with Crippen LogP contribution in [0.5, 0.6) is 0 Å². The molecule has 2 rings (SSSR count). The second-order valence-electron chi connectivity index (χ2n) is 5.53. The van der Waals surface area contributed by atoms with Gasteiger partial charge in [0.25, 0.3) is 0 Å². The number of rotatable bonds is 4. The smallest absolute Gasteiger partial charge is 0.303 e. The number of carboxylic acid groups (broad SMARTS) is 1. The zero-order valence-corrected chi connectivity index (χ0v) is 12.5. The van der Waals surface area contributed by atoms with Crippen LogP contribution in [0.25, 0.3) is 0 Å². The van der Waals surface area contributed by atoms with Gasteiger partial charge in [0.1, 0.15) is 5.82 Å². The van der Waals surface area contributed by atoms with Gasteiger partial charge in [0.2, 0.25) is 5.91 Å². The molecule has 1 aliphatic heterocycles. The van der Waals surface area contributed by atoms with Gasteiger partial charge in [0.15, 0.2) is 0 Å². The Hall–Kier alpha value is -1.98. The Bertz CT molecular complexity index is 545. The van der Waals surface area contributed by atoms with Crippen molar-refractivity contribution in [2.24, 2.45) is 0 Å². The van der Waals surface area contributed by atoms with Crippen LogP contribution in [-0.2, 0) is 16.0 Å². The number of hydrogen-bond acceptors (Lipinski definition) is 4. The van der Waals surface area contributed by atoms with Crippen molar-refractivity contribution < 1.29 is 14.7 Å². The van der Waals surface area contributed by atoms with E-state index in [-0.39, 0.29) is 18.2 Å². The molecule has 1 N–H and O–H groups in total. The van der Waals surface area contributed by atoms with E-state index in [0.717, 1.165) is 30.8 Å². The number of aliphatic carboxylic acids is 1. The van der Waals surface area contributed by atoms with Crippen molar-refractivity contribution >= 4 is 11.9 Å². The molecule has 0 saturated carbocycles. The molecule has 114 valence electrons. The molecule has 1 amide bonds. The van der Waals surface area contributed by atoms with Gasteiger partial charge in [-0.2, -0.15) is 0 Å². The van der Waals surface area contributed by atoms with Gasteiger partial charge >= 0.3 is 5.97 Å². The number of carboxylic acids is 1. The molecule has 1 atom stereocenters. The van der Waals surface area contributed by atoms with Gasteiger partial charge in [-0.05, 0) is 25.8 Å². The number of amides is 1. The molecular formula is C15H21N3O3. The van der Waals surface area contributed by atoms with Crippen LogP contribution in [0.4, 0.5) is 0 Å². The van der Waals surface area contributed by atoms with Gasteiger partial charge < -0.3 is 10.0 Å². The molecule has 1 aromatic heterocycles. The lowest BCUT2D eigenvalue weighted by Gasteiger charge is -2.31. The van der Waals surface area contributed by atoms with Crippen molar-refractivity contribution in [2.45, 2.75) is 45.4 Å². The minimum absolute atomic E-state index is 0.0696. The minimum Gasteiger partial charge on any atom is -0.481 e. The molecule has 0 radical (unpaired) electrons. The topological polar surface area (TPSA) is 83.4 Å². The summed E-state index contributed by atoms with van der Waals surface area (Å²) in [4.78, 5) is 32.8. The SMILES string of the molecule is CC(=O)N1CCCC(c2cc(CCC(=O)O)nc(C)n2)C1. The second-order valence-corrected chi connectivity index (χ2v) is 5.53. The monoisotopic (exact) mass is 291 g/mol. The zero-order valence-electron chi connectivity index (χ0n) is 12.5. The first-order valence-corrected chi connectivity index (χ1v) is 7.27. The molecule has 1 aromatic rings.